The predicted molar refractivity (Wildman–Crippen MR) is 76.7 cm³/mol. The van der Waals surface area contributed by atoms with Crippen LogP contribution in [0.3, 0.4) is 0 Å². The molecule has 5 aliphatic rings. The van der Waals surface area contributed by atoms with Gasteiger partial charge >= 0.3 is 0 Å². The lowest BCUT2D eigenvalue weighted by molar-refractivity contribution is -0.0183. The van der Waals surface area contributed by atoms with Crippen LogP contribution in [-0.4, -0.2) is 19.2 Å². The molecule has 0 saturated heterocycles. The summed E-state index contributed by atoms with van der Waals surface area (Å²) in [5.41, 5.74) is 1.92. The number of nitrogens with one attached hydrogen (secondary N) is 1. The van der Waals surface area contributed by atoms with E-state index < -0.39 is 0 Å². The van der Waals surface area contributed by atoms with Crippen molar-refractivity contribution in [3.63, 3.8) is 0 Å². The molecule has 2 heteroatoms. The summed E-state index contributed by atoms with van der Waals surface area (Å²) < 4.78 is 5.45. The fourth-order valence-electron chi connectivity index (χ4n) is 5.52. The van der Waals surface area contributed by atoms with Crippen LogP contribution in [0.25, 0.3) is 0 Å². The second kappa shape index (κ2) is 4.37. The molecule has 4 fully saturated rings. The highest BCUT2D eigenvalue weighted by Crippen LogP contribution is 2.55. The zero-order valence-electron chi connectivity index (χ0n) is 12.0. The molecule has 0 aromatic carbocycles. The molecule has 0 aliphatic heterocycles. The van der Waals surface area contributed by atoms with Crippen molar-refractivity contribution in [3.05, 3.63) is 23.5 Å². The quantitative estimate of drug-likeness (QED) is 0.835. The Balaban J connectivity index is 1.46. The van der Waals surface area contributed by atoms with Crippen molar-refractivity contribution in [3.8, 4) is 0 Å². The molecule has 0 radical (unpaired) electrons. The lowest BCUT2D eigenvalue weighted by Gasteiger charge is -2.57. The van der Waals surface area contributed by atoms with Gasteiger partial charge in [-0.25, -0.2) is 0 Å². The summed E-state index contributed by atoms with van der Waals surface area (Å²) in [5.74, 6) is 4.17. The van der Waals surface area contributed by atoms with Crippen molar-refractivity contribution in [1.29, 1.82) is 0 Å². The number of methoxy groups -OCH3 is 1. The van der Waals surface area contributed by atoms with Gasteiger partial charge in [-0.3, -0.25) is 0 Å². The molecular formula is C17H25NO. The van der Waals surface area contributed by atoms with E-state index in [1.165, 1.54) is 44.1 Å². The number of hydrogen-bond donors (Lipinski definition) is 1. The minimum absolute atomic E-state index is 0.475. The average Bonchev–Trinajstić information content (AvgIpc) is 2.82. The van der Waals surface area contributed by atoms with Crippen LogP contribution in [0.15, 0.2) is 23.5 Å². The van der Waals surface area contributed by atoms with E-state index in [1.807, 2.05) is 0 Å². The highest BCUT2D eigenvalue weighted by Gasteiger charge is 2.50. The summed E-state index contributed by atoms with van der Waals surface area (Å²) in [4.78, 5) is 0. The molecule has 104 valence electrons. The summed E-state index contributed by atoms with van der Waals surface area (Å²) in [6, 6.07) is 0. The van der Waals surface area contributed by atoms with E-state index in [9.17, 15) is 0 Å². The molecule has 0 spiro atoms. The van der Waals surface area contributed by atoms with Crippen molar-refractivity contribution in [1.82, 2.24) is 5.32 Å². The molecule has 0 heterocycles. The van der Waals surface area contributed by atoms with E-state index in [0.29, 0.717) is 5.54 Å². The van der Waals surface area contributed by atoms with Gasteiger partial charge in [-0.2, -0.15) is 0 Å². The van der Waals surface area contributed by atoms with Gasteiger partial charge in [0, 0.05) is 12.1 Å². The molecule has 5 rings (SSSR count). The van der Waals surface area contributed by atoms with Crippen molar-refractivity contribution in [2.24, 2.45) is 17.8 Å². The Morgan fingerprint density at radius 3 is 2.37 bits per heavy atom. The molecule has 0 amide bonds. The van der Waals surface area contributed by atoms with Crippen molar-refractivity contribution < 1.29 is 4.74 Å². The van der Waals surface area contributed by atoms with Gasteiger partial charge in [-0.1, -0.05) is 6.08 Å². The second-order valence-electron chi connectivity index (χ2n) is 7.33. The summed E-state index contributed by atoms with van der Waals surface area (Å²) in [6.07, 6.45) is 14.3. The minimum atomic E-state index is 0.475. The molecule has 2 nitrogen and oxygen atoms in total. The van der Waals surface area contributed by atoms with Crippen molar-refractivity contribution >= 4 is 0 Å². The van der Waals surface area contributed by atoms with Gasteiger partial charge in [0.05, 0.1) is 7.11 Å². The fourth-order valence-corrected chi connectivity index (χ4v) is 5.52. The summed E-state index contributed by atoms with van der Waals surface area (Å²) in [5, 5.41) is 3.96. The normalized spacial score (nSPS) is 43.3. The van der Waals surface area contributed by atoms with Crippen LogP contribution >= 0.6 is 0 Å². The Bertz CT molecular complexity index is 399. The van der Waals surface area contributed by atoms with Crippen molar-refractivity contribution in [2.75, 3.05) is 13.7 Å². The van der Waals surface area contributed by atoms with E-state index in [0.717, 1.165) is 36.5 Å². The molecular weight excluding hydrogens is 234 g/mol. The van der Waals surface area contributed by atoms with Crippen LogP contribution in [-0.2, 0) is 4.74 Å². The molecule has 0 unspecified atom stereocenters. The molecule has 19 heavy (non-hydrogen) atoms. The molecule has 0 aromatic heterocycles. The zero-order valence-corrected chi connectivity index (χ0v) is 12.0. The van der Waals surface area contributed by atoms with Crippen LogP contribution in [0.4, 0.5) is 0 Å². The third-order valence-corrected chi connectivity index (χ3v) is 5.92. The highest BCUT2D eigenvalue weighted by atomic mass is 16.5. The smallest absolute Gasteiger partial charge is 0.119 e. The maximum Gasteiger partial charge on any atom is 0.119 e. The van der Waals surface area contributed by atoms with E-state index in [-0.39, 0.29) is 0 Å². The second-order valence-corrected chi connectivity index (χ2v) is 7.33. The lowest BCUT2D eigenvalue weighted by atomic mass is 9.53. The Labute approximate surface area is 116 Å². The number of ether oxygens (including phenoxy) is 1. The van der Waals surface area contributed by atoms with Gasteiger partial charge in [0.25, 0.3) is 0 Å². The summed E-state index contributed by atoms with van der Waals surface area (Å²) >= 11 is 0. The van der Waals surface area contributed by atoms with Gasteiger partial charge in [0.1, 0.15) is 5.76 Å². The van der Waals surface area contributed by atoms with Crippen LogP contribution in [0.1, 0.15) is 44.9 Å². The standard InChI is InChI=1S/C17H25NO/c1-19-16-4-2-3-15(16)11-18-17-8-12-5-13(9-17)7-14(6-12)10-17/h2,4,12-14,18H,3,5-11H2,1H3. The third-order valence-electron chi connectivity index (χ3n) is 5.92. The van der Waals surface area contributed by atoms with Gasteiger partial charge < -0.3 is 10.1 Å². The van der Waals surface area contributed by atoms with Crippen LogP contribution in [0.2, 0.25) is 0 Å². The first-order valence-electron chi connectivity index (χ1n) is 7.94. The first-order valence-corrected chi connectivity index (χ1v) is 7.94. The van der Waals surface area contributed by atoms with E-state index in [1.54, 1.807) is 7.11 Å². The van der Waals surface area contributed by atoms with Crippen LogP contribution < -0.4 is 5.32 Å². The third kappa shape index (κ3) is 2.05. The van der Waals surface area contributed by atoms with E-state index >= 15 is 0 Å². The van der Waals surface area contributed by atoms with Crippen molar-refractivity contribution in [2.45, 2.75) is 50.5 Å². The maximum absolute atomic E-state index is 5.45. The monoisotopic (exact) mass is 259 g/mol. The van der Waals surface area contributed by atoms with Gasteiger partial charge in [-0.05, 0) is 74.3 Å². The average molecular weight is 259 g/mol. The highest BCUT2D eigenvalue weighted by molar-refractivity contribution is 5.30. The fraction of sp³-hybridized carbons (Fsp3) is 0.765. The first-order chi connectivity index (χ1) is 9.26. The molecule has 4 bridgehead atoms. The SMILES string of the molecule is COC1=C(CNC23CC4CC(CC(C4)C2)C3)CC=C1. The largest absolute Gasteiger partial charge is 0.497 e. The Kier molecular flexibility index (Phi) is 2.77. The molecule has 1 N–H and O–H groups in total. The molecule has 4 saturated carbocycles. The summed E-state index contributed by atoms with van der Waals surface area (Å²) in [7, 11) is 1.79. The van der Waals surface area contributed by atoms with E-state index in [4.69, 9.17) is 4.74 Å². The minimum Gasteiger partial charge on any atom is -0.497 e. The Morgan fingerprint density at radius 2 is 1.79 bits per heavy atom. The van der Waals surface area contributed by atoms with Gasteiger partial charge in [0.2, 0.25) is 0 Å². The Morgan fingerprint density at radius 1 is 1.16 bits per heavy atom. The zero-order chi connectivity index (χ0) is 12.9. The number of rotatable bonds is 4. The summed E-state index contributed by atoms with van der Waals surface area (Å²) in [6.45, 7) is 1.03. The molecule has 0 aromatic rings. The van der Waals surface area contributed by atoms with Gasteiger partial charge in [-0.15, -0.1) is 0 Å². The predicted octanol–water partition coefficient (Wildman–Crippen LogP) is 3.41. The Hall–Kier alpha value is -0.760. The van der Waals surface area contributed by atoms with Crippen LogP contribution in [0, 0.1) is 17.8 Å². The number of hydrogen-bond acceptors (Lipinski definition) is 2. The molecule has 5 aliphatic carbocycles. The topological polar surface area (TPSA) is 21.3 Å². The molecule has 0 atom stereocenters. The lowest BCUT2D eigenvalue weighted by Crippen LogP contribution is -2.58. The van der Waals surface area contributed by atoms with Crippen LogP contribution in [0.5, 0.6) is 0 Å². The van der Waals surface area contributed by atoms with Gasteiger partial charge in [0.15, 0.2) is 0 Å². The maximum atomic E-state index is 5.45. The van der Waals surface area contributed by atoms with E-state index in [2.05, 4.69) is 17.5 Å². The first kappa shape index (κ1) is 12.0. The number of allylic oxidation sites excluding steroid dienone is 2.